The zero-order valence-electron chi connectivity index (χ0n) is 8.62. The number of benzene rings is 1. The number of hydrogen-bond acceptors (Lipinski definition) is 3. The molecule has 0 heterocycles. The molecule has 0 saturated carbocycles. The lowest BCUT2D eigenvalue weighted by molar-refractivity contribution is -0.153. The molecule has 0 radical (unpaired) electrons. The van der Waals surface area contributed by atoms with Crippen molar-refractivity contribution in [1.82, 2.24) is 0 Å². The van der Waals surface area contributed by atoms with E-state index in [2.05, 4.69) is 0 Å². The van der Waals surface area contributed by atoms with Crippen LogP contribution in [0, 0.1) is 0 Å². The highest BCUT2D eigenvalue weighted by Gasteiger charge is 2.37. The summed E-state index contributed by atoms with van der Waals surface area (Å²) in [5, 5.41) is 0. The van der Waals surface area contributed by atoms with Gasteiger partial charge in [-0.3, -0.25) is 0 Å². The van der Waals surface area contributed by atoms with Crippen molar-refractivity contribution >= 4 is 0 Å². The Morgan fingerprint density at radius 1 is 1.19 bits per heavy atom. The van der Waals surface area contributed by atoms with Gasteiger partial charge in [-0.2, -0.15) is 13.2 Å². The molecule has 1 rings (SSSR count). The molecule has 3 nitrogen and oxygen atoms in total. The van der Waals surface area contributed by atoms with Gasteiger partial charge in [-0.1, -0.05) is 0 Å². The van der Waals surface area contributed by atoms with Crippen LogP contribution in [-0.2, 0) is 0 Å². The molecule has 0 bridgehead atoms. The maximum Gasteiger partial charge on any atom is 0.406 e. The van der Waals surface area contributed by atoms with Crippen LogP contribution in [0.2, 0.25) is 0 Å². The Hall–Kier alpha value is -1.43. The van der Waals surface area contributed by atoms with Crippen LogP contribution in [-0.4, -0.2) is 25.9 Å². The molecule has 0 saturated heterocycles. The lowest BCUT2D eigenvalue weighted by Crippen LogP contribution is -2.42. The SMILES string of the molecule is COc1ccc(OCC(N)C(F)(F)F)cc1. The lowest BCUT2D eigenvalue weighted by Gasteiger charge is -2.16. The molecule has 90 valence electrons. The number of ether oxygens (including phenoxy) is 2. The topological polar surface area (TPSA) is 44.5 Å². The van der Waals surface area contributed by atoms with E-state index < -0.39 is 18.8 Å². The number of halogens is 3. The van der Waals surface area contributed by atoms with Gasteiger partial charge in [0, 0.05) is 0 Å². The fraction of sp³-hybridized carbons (Fsp3) is 0.400. The van der Waals surface area contributed by atoms with E-state index in [-0.39, 0.29) is 0 Å². The molecule has 1 aromatic rings. The molecular weight excluding hydrogens is 223 g/mol. The molecule has 0 fully saturated rings. The van der Waals surface area contributed by atoms with Gasteiger partial charge in [0.2, 0.25) is 0 Å². The van der Waals surface area contributed by atoms with Crippen molar-refractivity contribution in [3.05, 3.63) is 24.3 Å². The maximum atomic E-state index is 12.0. The first-order chi connectivity index (χ1) is 7.43. The summed E-state index contributed by atoms with van der Waals surface area (Å²) >= 11 is 0. The average molecular weight is 235 g/mol. The summed E-state index contributed by atoms with van der Waals surface area (Å²) < 4.78 is 45.9. The second-order valence-electron chi connectivity index (χ2n) is 3.13. The zero-order valence-corrected chi connectivity index (χ0v) is 8.62. The summed E-state index contributed by atoms with van der Waals surface area (Å²) in [5.41, 5.74) is 4.88. The molecule has 16 heavy (non-hydrogen) atoms. The van der Waals surface area contributed by atoms with Gasteiger partial charge < -0.3 is 15.2 Å². The van der Waals surface area contributed by atoms with E-state index in [9.17, 15) is 13.2 Å². The number of methoxy groups -OCH3 is 1. The monoisotopic (exact) mass is 235 g/mol. The van der Waals surface area contributed by atoms with Crippen LogP contribution in [0.3, 0.4) is 0 Å². The highest BCUT2D eigenvalue weighted by molar-refractivity contribution is 5.31. The van der Waals surface area contributed by atoms with Crippen molar-refractivity contribution in [2.75, 3.05) is 13.7 Å². The van der Waals surface area contributed by atoms with E-state index in [0.717, 1.165) is 0 Å². The highest BCUT2D eigenvalue weighted by atomic mass is 19.4. The molecule has 1 unspecified atom stereocenters. The number of alkyl halides is 3. The van der Waals surface area contributed by atoms with Crippen molar-refractivity contribution in [3.63, 3.8) is 0 Å². The minimum atomic E-state index is -4.44. The average Bonchev–Trinajstić information content (AvgIpc) is 2.25. The van der Waals surface area contributed by atoms with E-state index in [1.54, 1.807) is 12.1 Å². The molecule has 0 aromatic heterocycles. The lowest BCUT2D eigenvalue weighted by atomic mass is 10.3. The van der Waals surface area contributed by atoms with E-state index in [1.165, 1.54) is 19.2 Å². The third-order valence-electron chi connectivity index (χ3n) is 1.91. The fourth-order valence-corrected chi connectivity index (χ4v) is 0.952. The third-order valence-corrected chi connectivity index (χ3v) is 1.91. The van der Waals surface area contributed by atoms with Crippen molar-refractivity contribution in [1.29, 1.82) is 0 Å². The second-order valence-corrected chi connectivity index (χ2v) is 3.13. The number of nitrogens with two attached hydrogens (primary N) is 1. The van der Waals surface area contributed by atoms with Crippen LogP contribution in [0.4, 0.5) is 13.2 Å². The van der Waals surface area contributed by atoms with Crippen LogP contribution < -0.4 is 15.2 Å². The Kier molecular flexibility index (Phi) is 4.00. The molecule has 0 aliphatic carbocycles. The minimum Gasteiger partial charge on any atom is -0.497 e. The van der Waals surface area contributed by atoms with Crippen LogP contribution in [0.15, 0.2) is 24.3 Å². The smallest absolute Gasteiger partial charge is 0.406 e. The van der Waals surface area contributed by atoms with Gasteiger partial charge in [0.15, 0.2) is 0 Å². The first-order valence-electron chi connectivity index (χ1n) is 4.52. The molecule has 0 amide bonds. The molecule has 0 aliphatic heterocycles. The third kappa shape index (κ3) is 3.62. The minimum absolute atomic E-state index is 0.320. The Labute approximate surface area is 91.0 Å². The zero-order chi connectivity index (χ0) is 12.2. The normalized spacial score (nSPS) is 13.3. The molecule has 6 heteroatoms. The summed E-state index contributed by atoms with van der Waals surface area (Å²) in [7, 11) is 1.50. The fourth-order valence-electron chi connectivity index (χ4n) is 0.952. The van der Waals surface area contributed by atoms with Gasteiger partial charge >= 0.3 is 6.18 Å². The Morgan fingerprint density at radius 2 is 1.69 bits per heavy atom. The van der Waals surface area contributed by atoms with E-state index in [1.807, 2.05) is 0 Å². The first-order valence-corrected chi connectivity index (χ1v) is 4.52. The quantitative estimate of drug-likeness (QED) is 0.867. The van der Waals surface area contributed by atoms with Gasteiger partial charge in [-0.25, -0.2) is 0 Å². The van der Waals surface area contributed by atoms with Crippen LogP contribution in [0.1, 0.15) is 0 Å². The predicted molar refractivity (Wildman–Crippen MR) is 52.5 cm³/mol. The van der Waals surface area contributed by atoms with Gasteiger partial charge in [-0.15, -0.1) is 0 Å². The van der Waals surface area contributed by atoms with Crippen molar-refractivity contribution in [2.45, 2.75) is 12.2 Å². The second kappa shape index (κ2) is 5.07. The van der Waals surface area contributed by atoms with Gasteiger partial charge in [-0.05, 0) is 24.3 Å². The predicted octanol–water partition coefficient (Wildman–Crippen LogP) is 1.96. The summed E-state index contributed by atoms with van der Waals surface area (Å²) in [6, 6.07) is 4.24. The van der Waals surface area contributed by atoms with Gasteiger partial charge in [0.25, 0.3) is 0 Å². The van der Waals surface area contributed by atoms with Gasteiger partial charge in [0.1, 0.15) is 24.1 Å². The molecular formula is C10H12F3NO2. The van der Waals surface area contributed by atoms with Crippen LogP contribution >= 0.6 is 0 Å². The molecule has 0 spiro atoms. The first kappa shape index (κ1) is 12.6. The Balaban J connectivity index is 2.48. The maximum absolute atomic E-state index is 12.0. The number of rotatable bonds is 4. The van der Waals surface area contributed by atoms with Crippen LogP contribution in [0.5, 0.6) is 11.5 Å². The summed E-state index contributed by atoms with van der Waals surface area (Å²) in [4.78, 5) is 0. The molecule has 2 N–H and O–H groups in total. The Bertz CT molecular complexity index is 324. The standard InChI is InChI=1S/C10H12F3NO2/c1-15-7-2-4-8(5-3-7)16-6-9(14)10(11,12)13/h2-5,9H,6,14H2,1H3. The van der Waals surface area contributed by atoms with Crippen molar-refractivity contribution in [2.24, 2.45) is 5.73 Å². The van der Waals surface area contributed by atoms with E-state index in [0.29, 0.717) is 11.5 Å². The summed E-state index contributed by atoms with van der Waals surface area (Å²) in [5.74, 6) is 0.924. The summed E-state index contributed by atoms with van der Waals surface area (Å²) in [6.45, 7) is -0.601. The molecule has 1 atom stereocenters. The summed E-state index contributed by atoms with van der Waals surface area (Å²) in [6.07, 6.45) is -4.44. The van der Waals surface area contributed by atoms with Gasteiger partial charge in [0.05, 0.1) is 7.11 Å². The van der Waals surface area contributed by atoms with E-state index in [4.69, 9.17) is 15.2 Å². The number of hydrogen-bond donors (Lipinski definition) is 1. The highest BCUT2D eigenvalue weighted by Crippen LogP contribution is 2.21. The van der Waals surface area contributed by atoms with Crippen molar-refractivity contribution in [3.8, 4) is 11.5 Å². The molecule has 1 aromatic carbocycles. The Morgan fingerprint density at radius 3 is 2.12 bits per heavy atom. The largest absolute Gasteiger partial charge is 0.497 e. The van der Waals surface area contributed by atoms with Crippen LogP contribution in [0.25, 0.3) is 0 Å². The molecule has 0 aliphatic rings. The van der Waals surface area contributed by atoms with Crippen molar-refractivity contribution < 1.29 is 22.6 Å². The van der Waals surface area contributed by atoms with E-state index >= 15 is 0 Å².